The van der Waals surface area contributed by atoms with Gasteiger partial charge in [0.15, 0.2) is 11.5 Å². The number of nitrogens with one attached hydrogen (secondary N) is 1. The van der Waals surface area contributed by atoms with E-state index in [0.29, 0.717) is 11.3 Å². The van der Waals surface area contributed by atoms with Crippen molar-refractivity contribution in [2.24, 2.45) is 0 Å². The fraction of sp³-hybridized carbons (Fsp3) is 0.0435. The van der Waals surface area contributed by atoms with Crippen molar-refractivity contribution in [3.8, 4) is 29.1 Å². The Kier molecular flexibility index (Phi) is 7.23. The number of non-ortho nitro benzene ring substituents is 1. The Hall–Kier alpha value is -5.44. The van der Waals surface area contributed by atoms with Crippen LogP contribution in [-0.2, 0) is 4.79 Å². The van der Waals surface area contributed by atoms with Gasteiger partial charge in [-0.2, -0.15) is 5.26 Å². The van der Waals surface area contributed by atoms with E-state index in [-0.39, 0.29) is 28.6 Å². The number of aromatic hydroxyl groups is 1. The summed E-state index contributed by atoms with van der Waals surface area (Å²) in [5, 5.41) is 43.5. The molecular weight excluding hydrogens is 460 g/mol. The fourth-order valence-corrected chi connectivity index (χ4v) is 2.88. The molecule has 0 atom stereocenters. The monoisotopic (exact) mass is 476 g/mol. The lowest BCUT2D eigenvalue weighted by Gasteiger charge is -2.11. The summed E-state index contributed by atoms with van der Waals surface area (Å²) < 4.78 is 10.8. The maximum absolute atomic E-state index is 12.4. The summed E-state index contributed by atoms with van der Waals surface area (Å²) >= 11 is 0. The van der Waals surface area contributed by atoms with Gasteiger partial charge in [-0.05, 0) is 54.1 Å². The molecule has 0 unspecified atom stereocenters. The third-order valence-electron chi connectivity index (χ3n) is 4.56. The van der Waals surface area contributed by atoms with Crippen molar-refractivity contribution in [1.29, 1.82) is 5.26 Å². The lowest BCUT2D eigenvalue weighted by Crippen LogP contribution is -2.13. The average Bonchev–Trinajstić information content (AvgIpc) is 2.84. The summed E-state index contributed by atoms with van der Waals surface area (Å²) in [6, 6.07) is 14.8. The Morgan fingerprint density at radius 3 is 2.29 bits per heavy atom. The number of nitro groups is 2. The molecular formula is C23H16N4O8. The number of nitro benzene ring substituents is 2. The first kappa shape index (κ1) is 24.2. The van der Waals surface area contributed by atoms with Crippen molar-refractivity contribution < 1.29 is 29.2 Å². The Balaban J connectivity index is 1.87. The molecule has 2 N–H and O–H groups in total. The molecule has 0 bridgehead atoms. The summed E-state index contributed by atoms with van der Waals surface area (Å²) in [5.41, 5.74) is -0.529. The van der Waals surface area contributed by atoms with Crippen LogP contribution in [0.15, 0.2) is 66.2 Å². The van der Waals surface area contributed by atoms with Gasteiger partial charge in [0.1, 0.15) is 17.4 Å². The highest BCUT2D eigenvalue weighted by atomic mass is 16.6. The fourth-order valence-electron chi connectivity index (χ4n) is 2.88. The second-order valence-electron chi connectivity index (χ2n) is 6.85. The van der Waals surface area contributed by atoms with Crippen LogP contribution in [0.2, 0.25) is 0 Å². The minimum atomic E-state index is -0.808. The zero-order valence-corrected chi connectivity index (χ0v) is 18.0. The summed E-state index contributed by atoms with van der Waals surface area (Å²) in [4.78, 5) is 33.1. The van der Waals surface area contributed by atoms with E-state index in [1.165, 1.54) is 55.7 Å². The topological polar surface area (TPSA) is 178 Å². The van der Waals surface area contributed by atoms with Crippen molar-refractivity contribution in [1.82, 2.24) is 0 Å². The molecule has 0 heterocycles. The second-order valence-corrected chi connectivity index (χ2v) is 6.85. The molecule has 176 valence electrons. The highest BCUT2D eigenvalue weighted by molar-refractivity contribution is 6.09. The molecule has 3 aromatic carbocycles. The minimum Gasteiger partial charge on any atom is -0.508 e. The van der Waals surface area contributed by atoms with E-state index in [2.05, 4.69) is 5.32 Å². The molecule has 0 fully saturated rings. The van der Waals surface area contributed by atoms with Gasteiger partial charge in [0.05, 0.1) is 23.0 Å². The number of methoxy groups -OCH3 is 1. The predicted molar refractivity (Wildman–Crippen MR) is 123 cm³/mol. The van der Waals surface area contributed by atoms with Crippen LogP contribution in [0, 0.1) is 31.6 Å². The number of phenolic OH excluding ortho intramolecular Hbond substituents is 1. The SMILES string of the molecule is COc1cc(/C=C(\C#N)C(=O)Nc2ccc(O)cc2)ccc1Oc1ccc([N+](=O)[O-])cc1[N+](=O)[O-]. The van der Waals surface area contributed by atoms with E-state index in [0.717, 1.165) is 18.2 Å². The lowest BCUT2D eigenvalue weighted by atomic mass is 10.1. The molecule has 0 aliphatic carbocycles. The van der Waals surface area contributed by atoms with Crippen LogP contribution >= 0.6 is 0 Å². The second kappa shape index (κ2) is 10.5. The molecule has 0 aromatic heterocycles. The third-order valence-corrected chi connectivity index (χ3v) is 4.56. The number of amides is 1. The first-order valence-corrected chi connectivity index (χ1v) is 9.72. The minimum absolute atomic E-state index is 0.0208. The average molecular weight is 476 g/mol. The van der Waals surface area contributed by atoms with E-state index in [1.54, 1.807) is 6.07 Å². The van der Waals surface area contributed by atoms with Gasteiger partial charge >= 0.3 is 5.69 Å². The Bertz CT molecular complexity index is 1380. The number of hydrogen-bond donors (Lipinski definition) is 2. The largest absolute Gasteiger partial charge is 0.508 e. The maximum Gasteiger partial charge on any atom is 0.318 e. The zero-order chi connectivity index (χ0) is 25.5. The Morgan fingerprint density at radius 2 is 1.69 bits per heavy atom. The van der Waals surface area contributed by atoms with Crippen LogP contribution in [0.25, 0.3) is 6.08 Å². The molecule has 12 nitrogen and oxygen atoms in total. The van der Waals surface area contributed by atoms with Crippen molar-refractivity contribution in [3.63, 3.8) is 0 Å². The molecule has 0 aliphatic heterocycles. The summed E-state index contributed by atoms with van der Waals surface area (Å²) in [5.74, 6) is -0.712. The molecule has 3 aromatic rings. The molecule has 0 saturated heterocycles. The maximum atomic E-state index is 12.4. The van der Waals surface area contributed by atoms with Crippen molar-refractivity contribution >= 4 is 29.0 Å². The van der Waals surface area contributed by atoms with Gasteiger partial charge in [-0.15, -0.1) is 0 Å². The number of ether oxygens (including phenoxy) is 2. The lowest BCUT2D eigenvalue weighted by molar-refractivity contribution is -0.394. The van der Waals surface area contributed by atoms with E-state index in [1.807, 2.05) is 0 Å². The molecule has 0 radical (unpaired) electrons. The number of carbonyl (C=O) groups excluding carboxylic acids is 1. The van der Waals surface area contributed by atoms with Crippen LogP contribution in [0.1, 0.15) is 5.56 Å². The number of carbonyl (C=O) groups is 1. The third kappa shape index (κ3) is 5.88. The standard InChI is InChI=1S/C23H16N4O8/c1-34-22-11-14(10-15(13-24)23(29)25-16-3-6-18(28)7-4-16)2-8-21(22)35-20-9-5-17(26(30)31)12-19(20)27(32)33/h2-12,28H,1H3,(H,25,29)/b15-10+. The van der Waals surface area contributed by atoms with E-state index < -0.39 is 27.1 Å². The number of hydrogen-bond acceptors (Lipinski definition) is 9. The van der Waals surface area contributed by atoms with Crippen LogP contribution in [0.4, 0.5) is 17.1 Å². The van der Waals surface area contributed by atoms with Crippen LogP contribution < -0.4 is 14.8 Å². The Labute approximate surface area is 197 Å². The molecule has 1 amide bonds. The van der Waals surface area contributed by atoms with E-state index >= 15 is 0 Å². The van der Waals surface area contributed by atoms with Gasteiger partial charge in [0, 0.05) is 11.8 Å². The number of phenols is 1. The van der Waals surface area contributed by atoms with Gasteiger partial charge in [-0.25, -0.2) is 0 Å². The molecule has 3 rings (SSSR count). The van der Waals surface area contributed by atoms with Crippen LogP contribution in [0.5, 0.6) is 23.0 Å². The number of nitriles is 1. The van der Waals surface area contributed by atoms with Gasteiger partial charge < -0.3 is 19.9 Å². The highest BCUT2D eigenvalue weighted by Crippen LogP contribution is 2.38. The molecule has 0 aliphatic rings. The normalized spacial score (nSPS) is 10.7. The van der Waals surface area contributed by atoms with Gasteiger partial charge in [0.25, 0.3) is 11.6 Å². The molecule has 0 saturated carbocycles. The van der Waals surface area contributed by atoms with Crippen LogP contribution in [0.3, 0.4) is 0 Å². The highest BCUT2D eigenvalue weighted by Gasteiger charge is 2.22. The first-order chi connectivity index (χ1) is 16.7. The Morgan fingerprint density at radius 1 is 1.00 bits per heavy atom. The smallest absolute Gasteiger partial charge is 0.318 e. The van der Waals surface area contributed by atoms with Gasteiger partial charge in [0.2, 0.25) is 5.75 Å². The zero-order valence-electron chi connectivity index (χ0n) is 18.0. The van der Waals surface area contributed by atoms with Crippen molar-refractivity contribution in [2.75, 3.05) is 12.4 Å². The van der Waals surface area contributed by atoms with Crippen molar-refractivity contribution in [2.45, 2.75) is 0 Å². The molecule has 35 heavy (non-hydrogen) atoms. The molecule has 12 heteroatoms. The van der Waals surface area contributed by atoms with Gasteiger partial charge in [-0.1, -0.05) is 6.07 Å². The number of nitrogens with zero attached hydrogens (tertiary/aromatic N) is 3. The van der Waals surface area contributed by atoms with Crippen molar-refractivity contribution in [3.05, 3.63) is 92.0 Å². The number of anilines is 1. The summed E-state index contributed by atoms with van der Waals surface area (Å²) in [6.07, 6.45) is 1.30. The first-order valence-electron chi connectivity index (χ1n) is 9.72. The molecule has 0 spiro atoms. The van der Waals surface area contributed by atoms with E-state index in [4.69, 9.17) is 9.47 Å². The summed E-state index contributed by atoms with van der Waals surface area (Å²) in [7, 11) is 1.32. The van der Waals surface area contributed by atoms with Crippen LogP contribution in [-0.4, -0.2) is 28.0 Å². The summed E-state index contributed by atoms with van der Waals surface area (Å²) in [6.45, 7) is 0. The number of benzene rings is 3. The van der Waals surface area contributed by atoms with E-state index in [9.17, 15) is 35.4 Å². The van der Waals surface area contributed by atoms with Gasteiger partial charge in [-0.3, -0.25) is 25.0 Å². The predicted octanol–water partition coefficient (Wildman–Crippen LogP) is 4.56. The number of rotatable bonds is 8. The quantitative estimate of drug-likeness (QED) is 0.155.